The van der Waals surface area contributed by atoms with Crippen LogP contribution in [0, 0.1) is 5.82 Å². The van der Waals surface area contributed by atoms with Crippen LogP contribution in [-0.2, 0) is 16.7 Å². The predicted molar refractivity (Wildman–Crippen MR) is 75.4 cm³/mol. The molecule has 2 heterocycles. The minimum atomic E-state index is -0.710. The fraction of sp³-hybridized carbons (Fsp3) is 0.462. The van der Waals surface area contributed by atoms with Gasteiger partial charge < -0.3 is 4.57 Å². The molecule has 0 amide bonds. The lowest BCUT2D eigenvalue weighted by Crippen LogP contribution is -2.22. The quantitative estimate of drug-likeness (QED) is 0.799. The Morgan fingerprint density at radius 2 is 2.16 bits per heavy atom. The fourth-order valence-electron chi connectivity index (χ4n) is 2.66. The molecular weight excluding hydrogens is 287 g/mol. The molecule has 3 rings (SSSR count). The summed E-state index contributed by atoms with van der Waals surface area (Å²) in [4.78, 5) is 4.45. The van der Waals surface area contributed by atoms with Crippen LogP contribution >= 0.6 is 11.6 Å². The lowest BCUT2D eigenvalue weighted by atomic mass is 10.1. The second-order valence-corrected chi connectivity index (χ2v) is 6.71. The molecule has 6 heteroatoms. The molecule has 0 N–H and O–H groups in total. The summed E-state index contributed by atoms with van der Waals surface area (Å²) >= 11 is 5.95. The van der Waals surface area contributed by atoms with E-state index in [1.165, 1.54) is 12.1 Å². The van der Waals surface area contributed by atoms with E-state index in [4.69, 9.17) is 11.6 Å². The monoisotopic (exact) mass is 300 g/mol. The van der Waals surface area contributed by atoms with Gasteiger partial charge in [0.05, 0.1) is 16.9 Å². The minimum absolute atomic E-state index is 0.221. The second-order valence-electron chi connectivity index (χ2n) is 4.74. The normalized spacial score (nSPS) is 23.9. The number of rotatable bonds is 2. The van der Waals surface area contributed by atoms with Crippen LogP contribution in [0.4, 0.5) is 4.39 Å². The molecule has 2 aromatic rings. The SMILES string of the molecule is O=S1CCC(n2c(CCl)nc3ccc(F)cc32)CC1. The van der Waals surface area contributed by atoms with E-state index < -0.39 is 10.8 Å². The Morgan fingerprint density at radius 1 is 1.42 bits per heavy atom. The van der Waals surface area contributed by atoms with E-state index >= 15 is 0 Å². The van der Waals surface area contributed by atoms with Gasteiger partial charge in [-0.15, -0.1) is 11.6 Å². The number of imidazole rings is 1. The highest BCUT2D eigenvalue weighted by molar-refractivity contribution is 7.85. The summed E-state index contributed by atoms with van der Waals surface area (Å²) < 4.78 is 26.9. The van der Waals surface area contributed by atoms with Gasteiger partial charge >= 0.3 is 0 Å². The summed E-state index contributed by atoms with van der Waals surface area (Å²) in [6.07, 6.45) is 1.66. The van der Waals surface area contributed by atoms with Gasteiger partial charge in [-0.25, -0.2) is 9.37 Å². The molecule has 1 aliphatic heterocycles. The van der Waals surface area contributed by atoms with Crippen LogP contribution in [0.25, 0.3) is 11.0 Å². The molecule has 0 saturated carbocycles. The Bertz CT molecular complexity index is 633. The third kappa shape index (κ3) is 2.41. The summed E-state index contributed by atoms with van der Waals surface area (Å²) in [7, 11) is -0.710. The van der Waals surface area contributed by atoms with Gasteiger partial charge in [-0.3, -0.25) is 4.21 Å². The van der Waals surface area contributed by atoms with Gasteiger partial charge in [0.1, 0.15) is 11.6 Å². The number of nitrogens with zero attached hydrogens (tertiary/aromatic N) is 2. The van der Waals surface area contributed by atoms with Crippen molar-refractivity contribution in [3.63, 3.8) is 0 Å². The van der Waals surface area contributed by atoms with E-state index in [1.54, 1.807) is 6.07 Å². The molecule has 0 atom stereocenters. The average Bonchev–Trinajstić information content (AvgIpc) is 2.77. The zero-order valence-corrected chi connectivity index (χ0v) is 11.9. The van der Waals surface area contributed by atoms with Gasteiger partial charge in [0.2, 0.25) is 0 Å². The summed E-state index contributed by atoms with van der Waals surface area (Å²) in [6.45, 7) is 0. The molecule has 3 nitrogen and oxygen atoms in total. The lowest BCUT2D eigenvalue weighted by molar-refractivity contribution is 0.462. The van der Waals surface area contributed by atoms with Crippen molar-refractivity contribution in [3.8, 4) is 0 Å². The van der Waals surface area contributed by atoms with E-state index in [9.17, 15) is 8.60 Å². The molecule has 0 bridgehead atoms. The molecular formula is C13H14ClFN2OS. The Balaban J connectivity index is 2.09. The summed E-state index contributed by atoms with van der Waals surface area (Å²) in [5.74, 6) is 2.19. The van der Waals surface area contributed by atoms with Crippen molar-refractivity contribution in [2.75, 3.05) is 11.5 Å². The molecule has 0 unspecified atom stereocenters. The molecule has 1 aromatic heterocycles. The van der Waals surface area contributed by atoms with Crippen LogP contribution in [0.15, 0.2) is 18.2 Å². The van der Waals surface area contributed by atoms with Crippen molar-refractivity contribution in [2.45, 2.75) is 24.8 Å². The van der Waals surface area contributed by atoms with Crippen molar-refractivity contribution < 1.29 is 8.60 Å². The average molecular weight is 301 g/mol. The molecule has 0 aliphatic carbocycles. The largest absolute Gasteiger partial charge is 0.324 e. The molecule has 1 saturated heterocycles. The van der Waals surface area contributed by atoms with Gasteiger partial charge in [-0.1, -0.05) is 0 Å². The topological polar surface area (TPSA) is 34.9 Å². The van der Waals surface area contributed by atoms with E-state index in [0.29, 0.717) is 17.4 Å². The first kappa shape index (κ1) is 13.1. The number of aromatic nitrogens is 2. The maximum absolute atomic E-state index is 13.4. The highest BCUT2D eigenvalue weighted by Crippen LogP contribution is 2.29. The van der Waals surface area contributed by atoms with Crippen molar-refractivity contribution in [3.05, 3.63) is 29.8 Å². The highest BCUT2D eigenvalue weighted by atomic mass is 35.5. The minimum Gasteiger partial charge on any atom is -0.324 e. The van der Waals surface area contributed by atoms with Crippen LogP contribution in [0.1, 0.15) is 24.7 Å². The van der Waals surface area contributed by atoms with E-state index in [-0.39, 0.29) is 11.9 Å². The maximum atomic E-state index is 13.4. The first-order valence-electron chi connectivity index (χ1n) is 6.26. The Morgan fingerprint density at radius 3 is 2.84 bits per heavy atom. The predicted octanol–water partition coefficient (Wildman–Crippen LogP) is 3.00. The van der Waals surface area contributed by atoms with Gasteiger partial charge in [-0.05, 0) is 31.0 Å². The molecule has 1 aromatic carbocycles. The van der Waals surface area contributed by atoms with E-state index in [2.05, 4.69) is 4.98 Å². The maximum Gasteiger partial charge on any atom is 0.125 e. The van der Waals surface area contributed by atoms with E-state index in [0.717, 1.165) is 29.7 Å². The number of halogens is 2. The Kier molecular flexibility index (Phi) is 3.58. The summed E-state index contributed by atoms with van der Waals surface area (Å²) in [6, 6.07) is 4.81. The molecule has 0 spiro atoms. The molecule has 102 valence electrons. The summed E-state index contributed by atoms with van der Waals surface area (Å²) in [5.41, 5.74) is 1.55. The first-order chi connectivity index (χ1) is 9.19. The van der Waals surface area contributed by atoms with Crippen molar-refractivity contribution >= 4 is 33.4 Å². The van der Waals surface area contributed by atoms with Crippen molar-refractivity contribution in [1.82, 2.24) is 9.55 Å². The lowest BCUT2D eigenvalue weighted by Gasteiger charge is -2.25. The molecule has 0 radical (unpaired) electrons. The van der Waals surface area contributed by atoms with E-state index in [1.807, 2.05) is 4.57 Å². The zero-order chi connectivity index (χ0) is 13.4. The van der Waals surface area contributed by atoms with Gasteiger partial charge in [0, 0.05) is 28.3 Å². The van der Waals surface area contributed by atoms with Gasteiger partial charge in [0.15, 0.2) is 0 Å². The summed E-state index contributed by atoms with van der Waals surface area (Å²) in [5, 5.41) is 0. The van der Waals surface area contributed by atoms with Crippen LogP contribution in [0.3, 0.4) is 0 Å². The number of fused-ring (bicyclic) bond motifs is 1. The number of hydrogen-bond donors (Lipinski definition) is 0. The molecule has 19 heavy (non-hydrogen) atoms. The van der Waals surface area contributed by atoms with Crippen LogP contribution in [0.2, 0.25) is 0 Å². The second kappa shape index (κ2) is 5.21. The van der Waals surface area contributed by atoms with Crippen molar-refractivity contribution in [2.24, 2.45) is 0 Å². The van der Waals surface area contributed by atoms with Crippen LogP contribution in [-0.4, -0.2) is 25.3 Å². The smallest absolute Gasteiger partial charge is 0.125 e. The Hall–Kier alpha value is -0.940. The Labute approximate surface area is 118 Å². The number of alkyl halides is 1. The third-order valence-corrected chi connectivity index (χ3v) is 5.19. The third-order valence-electron chi connectivity index (χ3n) is 3.57. The van der Waals surface area contributed by atoms with Crippen LogP contribution in [0.5, 0.6) is 0 Å². The molecule has 1 aliphatic rings. The van der Waals surface area contributed by atoms with Gasteiger partial charge in [0.25, 0.3) is 0 Å². The van der Waals surface area contributed by atoms with Gasteiger partial charge in [-0.2, -0.15) is 0 Å². The molecule has 1 fully saturated rings. The van der Waals surface area contributed by atoms with Crippen molar-refractivity contribution in [1.29, 1.82) is 0 Å². The fourth-order valence-corrected chi connectivity index (χ4v) is 4.12. The zero-order valence-electron chi connectivity index (χ0n) is 10.3. The number of hydrogen-bond acceptors (Lipinski definition) is 2. The van der Waals surface area contributed by atoms with Crippen LogP contribution < -0.4 is 0 Å². The number of benzene rings is 1. The highest BCUT2D eigenvalue weighted by Gasteiger charge is 2.23. The first-order valence-corrected chi connectivity index (χ1v) is 8.28. The standard InChI is InChI=1S/C13H14ClFN2OS/c14-8-13-16-11-2-1-9(15)7-12(11)17(13)10-3-5-19(18)6-4-10/h1-2,7,10H,3-6,8H2.